The molecule has 1 amide bonds. The Balaban J connectivity index is 2.16. The number of aromatic carboxylic acids is 1. The van der Waals surface area contributed by atoms with Gasteiger partial charge in [0.25, 0.3) is 11.6 Å². The number of carbonyl (C=O) groups is 2. The second kappa shape index (κ2) is 7.49. The van der Waals surface area contributed by atoms with Crippen LogP contribution in [0.15, 0.2) is 42.5 Å². The molecule has 0 saturated heterocycles. The highest BCUT2D eigenvalue weighted by molar-refractivity contribution is 7.80. The fourth-order valence-corrected chi connectivity index (χ4v) is 2.34. The molecule has 9 heteroatoms. The average Bonchev–Trinajstić information content (AvgIpc) is 2.56. The Bertz CT molecular complexity index is 882. The highest BCUT2D eigenvalue weighted by atomic mass is 32.1. The predicted octanol–water partition coefficient (Wildman–Crippen LogP) is 1.39. The van der Waals surface area contributed by atoms with E-state index in [0.717, 1.165) is 0 Å². The summed E-state index contributed by atoms with van der Waals surface area (Å²) in [5, 5.41) is 26.9. The summed E-state index contributed by atoms with van der Waals surface area (Å²) in [7, 11) is 0. The molecule has 0 bridgehead atoms. The van der Waals surface area contributed by atoms with Crippen LogP contribution in [0.2, 0.25) is 0 Å². The number of benzene rings is 2. The highest BCUT2D eigenvalue weighted by Gasteiger charge is 2.20. The minimum absolute atomic E-state index is 0.0159. The number of carbonyl (C=O) groups excluding carboxylic acids is 2. The molecule has 2 N–H and O–H groups in total. The molecule has 0 aliphatic carbocycles. The van der Waals surface area contributed by atoms with E-state index < -0.39 is 16.8 Å². The monoisotopic (exact) mass is 358 g/mol. The zero-order valence-corrected chi connectivity index (χ0v) is 13.8. The number of nitrogens with one attached hydrogen (secondary N) is 2. The standard InChI is InChI=1S/C16H13N3O5S/c1-9-10(15(21)22)6-4-7-12(9)17-16(25)18-14(20)11-5-2-3-8-13(11)19(23)24/h2-8H,1H3,(H,21,22)(H2,17,18,20,25)/p-1. The van der Waals surface area contributed by atoms with Gasteiger partial charge in [-0.1, -0.05) is 24.3 Å². The first kappa shape index (κ1) is 18.0. The summed E-state index contributed by atoms with van der Waals surface area (Å²) in [6.07, 6.45) is 0. The smallest absolute Gasteiger partial charge is 0.282 e. The number of nitro benzene ring substituents is 1. The number of nitro groups is 1. The van der Waals surface area contributed by atoms with Crippen LogP contribution in [-0.4, -0.2) is 21.9 Å². The van der Waals surface area contributed by atoms with Crippen molar-refractivity contribution in [1.82, 2.24) is 5.32 Å². The van der Waals surface area contributed by atoms with Gasteiger partial charge in [0.2, 0.25) is 0 Å². The maximum atomic E-state index is 12.2. The van der Waals surface area contributed by atoms with Crippen molar-refractivity contribution in [2.75, 3.05) is 5.32 Å². The lowest BCUT2D eigenvalue weighted by atomic mass is 10.1. The summed E-state index contributed by atoms with van der Waals surface area (Å²) in [6, 6.07) is 9.89. The van der Waals surface area contributed by atoms with Crippen molar-refractivity contribution in [2.45, 2.75) is 6.92 Å². The van der Waals surface area contributed by atoms with Gasteiger partial charge in [0.05, 0.1) is 10.9 Å². The van der Waals surface area contributed by atoms with Gasteiger partial charge in [-0.05, 0) is 36.8 Å². The van der Waals surface area contributed by atoms with Gasteiger partial charge in [0.15, 0.2) is 5.11 Å². The molecule has 0 saturated carbocycles. The molecular formula is C16H12N3O5S-. The number of carboxylic acids is 1. The van der Waals surface area contributed by atoms with E-state index in [1.165, 1.54) is 36.4 Å². The van der Waals surface area contributed by atoms with Crippen LogP contribution in [0.4, 0.5) is 11.4 Å². The molecule has 8 nitrogen and oxygen atoms in total. The molecule has 25 heavy (non-hydrogen) atoms. The summed E-state index contributed by atoms with van der Waals surface area (Å²) in [4.78, 5) is 33.5. The van der Waals surface area contributed by atoms with Crippen LogP contribution in [0.1, 0.15) is 26.3 Å². The Morgan fingerprint density at radius 1 is 1.08 bits per heavy atom. The van der Waals surface area contributed by atoms with Gasteiger partial charge < -0.3 is 15.2 Å². The zero-order valence-electron chi connectivity index (χ0n) is 12.9. The van der Waals surface area contributed by atoms with E-state index >= 15 is 0 Å². The Kier molecular flexibility index (Phi) is 5.40. The van der Waals surface area contributed by atoms with E-state index in [9.17, 15) is 24.8 Å². The Morgan fingerprint density at radius 3 is 2.36 bits per heavy atom. The topological polar surface area (TPSA) is 124 Å². The number of rotatable bonds is 4. The van der Waals surface area contributed by atoms with Crippen molar-refractivity contribution < 1.29 is 19.6 Å². The minimum atomic E-state index is -1.34. The van der Waals surface area contributed by atoms with E-state index in [0.29, 0.717) is 11.3 Å². The van der Waals surface area contributed by atoms with Crippen LogP contribution in [0, 0.1) is 17.0 Å². The van der Waals surface area contributed by atoms with Crippen molar-refractivity contribution in [3.63, 3.8) is 0 Å². The zero-order chi connectivity index (χ0) is 18.6. The van der Waals surface area contributed by atoms with Crippen molar-refractivity contribution >= 4 is 40.6 Å². The van der Waals surface area contributed by atoms with Gasteiger partial charge in [0.1, 0.15) is 5.56 Å². The molecular weight excluding hydrogens is 346 g/mol. The van der Waals surface area contributed by atoms with Crippen molar-refractivity contribution in [2.24, 2.45) is 0 Å². The number of nitrogens with zero attached hydrogens (tertiary/aromatic N) is 1. The van der Waals surface area contributed by atoms with Crippen LogP contribution in [0.5, 0.6) is 0 Å². The van der Waals surface area contributed by atoms with Crippen LogP contribution in [-0.2, 0) is 0 Å². The molecule has 0 aliphatic rings. The lowest BCUT2D eigenvalue weighted by Crippen LogP contribution is -2.34. The maximum absolute atomic E-state index is 12.2. The first-order valence-electron chi connectivity index (χ1n) is 6.98. The third kappa shape index (κ3) is 4.15. The van der Waals surface area contributed by atoms with Crippen molar-refractivity contribution in [3.8, 4) is 0 Å². The molecule has 2 rings (SSSR count). The van der Waals surface area contributed by atoms with E-state index in [2.05, 4.69) is 10.6 Å². The molecule has 0 heterocycles. The number of amides is 1. The van der Waals surface area contributed by atoms with Crippen molar-refractivity contribution in [3.05, 3.63) is 69.3 Å². The molecule has 2 aromatic carbocycles. The molecule has 0 aromatic heterocycles. The minimum Gasteiger partial charge on any atom is -0.545 e. The van der Waals surface area contributed by atoms with Gasteiger partial charge in [-0.2, -0.15) is 0 Å². The summed E-state index contributed by atoms with van der Waals surface area (Å²) in [5.41, 5.74) is 0.243. The van der Waals surface area contributed by atoms with E-state index in [4.69, 9.17) is 12.2 Å². The first-order valence-corrected chi connectivity index (χ1v) is 7.38. The third-order valence-electron chi connectivity index (χ3n) is 3.37. The second-order valence-electron chi connectivity index (χ2n) is 4.95. The Morgan fingerprint density at radius 2 is 1.72 bits per heavy atom. The second-order valence-corrected chi connectivity index (χ2v) is 5.36. The van der Waals surface area contributed by atoms with E-state index in [-0.39, 0.29) is 21.9 Å². The Labute approximate surface area is 147 Å². The summed E-state index contributed by atoms with van der Waals surface area (Å²) < 4.78 is 0. The maximum Gasteiger partial charge on any atom is 0.282 e. The molecule has 128 valence electrons. The number of carboxylic acid groups (broad SMARTS) is 1. The third-order valence-corrected chi connectivity index (χ3v) is 3.58. The van der Waals surface area contributed by atoms with Crippen molar-refractivity contribution in [1.29, 1.82) is 0 Å². The average molecular weight is 358 g/mol. The molecule has 0 radical (unpaired) electrons. The first-order chi connectivity index (χ1) is 11.8. The quantitative estimate of drug-likeness (QED) is 0.481. The summed E-state index contributed by atoms with van der Waals surface area (Å²) in [6.45, 7) is 1.56. The lowest BCUT2D eigenvalue weighted by molar-refractivity contribution is -0.385. The van der Waals surface area contributed by atoms with E-state index in [1.807, 2.05) is 0 Å². The highest BCUT2D eigenvalue weighted by Crippen LogP contribution is 2.19. The van der Waals surface area contributed by atoms with E-state index in [1.54, 1.807) is 13.0 Å². The summed E-state index contributed by atoms with van der Waals surface area (Å²) in [5.74, 6) is -2.09. The molecule has 0 unspecified atom stereocenters. The van der Waals surface area contributed by atoms with Gasteiger partial charge in [-0.15, -0.1) is 0 Å². The van der Waals surface area contributed by atoms with Gasteiger partial charge in [0, 0.05) is 17.3 Å². The van der Waals surface area contributed by atoms with Crippen LogP contribution < -0.4 is 15.7 Å². The molecule has 0 fully saturated rings. The number of anilines is 1. The summed E-state index contributed by atoms with van der Waals surface area (Å²) >= 11 is 5.01. The number of para-hydroxylation sites is 1. The fourth-order valence-electron chi connectivity index (χ4n) is 2.14. The van der Waals surface area contributed by atoms with Crippen LogP contribution >= 0.6 is 12.2 Å². The SMILES string of the molecule is Cc1c(NC(=S)NC(=O)c2ccccc2[N+](=O)[O-])cccc1C(=O)[O-]. The molecule has 0 spiro atoms. The molecule has 2 aromatic rings. The van der Waals surface area contributed by atoms with Crippen LogP contribution in [0.3, 0.4) is 0 Å². The largest absolute Gasteiger partial charge is 0.545 e. The Hall–Kier alpha value is -3.33. The fraction of sp³-hybridized carbons (Fsp3) is 0.0625. The molecule has 0 aliphatic heterocycles. The predicted molar refractivity (Wildman–Crippen MR) is 92.3 cm³/mol. The number of thiocarbonyl (C=S) groups is 1. The lowest BCUT2D eigenvalue weighted by Gasteiger charge is -2.15. The number of hydrogen-bond donors (Lipinski definition) is 2. The van der Waals surface area contributed by atoms with Gasteiger partial charge in [-0.25, -0.2) is 0 Å². The normalized spacial score (nSPS) is 9.96. The number of hydrogen-bond acceptors (Lipinski definition) is 6. The molecule has 0 atom stereocenters. The van der Waals surface area contributed by atoms with Crippen LogP contribution in [0.25, 0.3) is 0 Å². The van der Waals surface area contributed by atoms with Gasteiger partial charge >= 0.3 is 0 Å². The van der Waals surface area contributed by atoms with Gasteiger partial charge in [-0.3, -0.25) is 20.2 Å².